The Bertz CT molecular complexity index is 1380. The van der Waals surface area contributed by atoms with E-state index >= 15 is 0 Å². The van der Waals surface area contributed by atoms with Gasteiger partial charge < -0.3 is 9.84 Å². The molecule has 3 aromatic rings. The summed E-state index contributed by atoms with van der Waals surface area (Å²) < 4.78 is 98.6. The van der Waals surface area contributed by atoms with Crippen molar-refractivity contribution >= 4 is 17.1 Å². The van der Waals surface area contributed by atoms with Crippen LogP contribution in [0.25, 0.3) is 11.1 Å². The third-order valence-corrected chi connectivity index (χ3v) is 5.74. The van der Waals surface area contributed by atoms with Gasteiger partial charge in [-0.25, -0.2) is 19.2 Å². The van der Waals surface area contributed by atoms with Crippen LogP contribution in [0.1, 0.15) is 57.7 Å². The first-order valence-corrected chi connectivity index (χ1v) is 10.8. The van der Waals surface area contributed by atoms with Crippen LogP contribution in [0.15, 0.2) is 48.7 Å². The van der Waals surface area contributed by atoms with Gasteiger partial charge in [-0.1, -0.05) is 12.1 Å². The predicted octanol–water partition coefficient (Wildman–Crippen LogP) is 7.03. The number of halogens is 7. The second-order valence-electron chi connectivity index (χ2n) is 8.19. The zero-order valence-corrected chi connectivity index (χ0v) is 18.8. The third-order valence-electron chi connectivity index (χ3n) is 5.74. The van der Waals surface area contributed by atoms with Crippen LogP contribution in [-0.2, 0) is 19.0 Å². The van der Waals surface area contributed by atoms with Crippen molar-refractivity contribution in [3.05, 3.63) is 88.1 Å². The third kappa shape index (κ3) is 5.73. The summed E-state index contributed by atoms with van der Waals surface area (Å²) >= 11 is 0. The number of ether oxygens (including phenoxy) is 1. The maximum atomic E-state index is 14.3. The number of pyridine rings is 2. The molecule has 2 aromatic heterocycles. The van der Waals surface area contributed by atoms with Gasteiger partial charge in [0.05, 0.1) is 16.8 Å². The molecule has 12 heteroatoms. The number of hydrogen-bond acceptors (Lipinski definition) is 4. The molecular formula is C25H17F7N2O3. The van der Waals surface area contributed by atoms with Crippen molar-refractivity contribution in [2.24, 2.45) is 0 Å². The molecule has 0 unspecified atom stereocenters. The lowest BCUT2D eigenvalue weighted by Crippen LogP contribution is -2.10. The molecule has 0 fully saturated rings. The molecule has 0 amide bonds. The van der Waals surface area contributed by atoms with Crippen LogP contribution < -0.4 is 4.74 Å². The van der Waals surface area contributed by atoms with Crippen LogP contribution in [0.2, 0.25) is 0 Å². The van der Waals surface area contributed by atoms with E-state index in [0.29, 0.717) is 48.7 Å². The van der Waals surface area contributed by atoms with Gasteiger partial charge in [-0.2, -0.15) is 26.3 Å². The van der Waals surface area contributed by atoms with Gasteiger partial charge in [0.2, 0.25) is 5.88 Å². The van der Waals surface area contributed by atoms with E-state index in [0.717, 1.165) is 12.1 Å². The highest BCUT2D eigenvalue weighted by atomic mass is 19.4. The standard InChI is InChI=1S/C25H17F7N2O3/c26-19-10-14(24(27,28)29)8-7-13(19)12-37-22-18(9-15(11-33-22)25(30,31)32)16-3-1-4-17(16)20-5-2-6-21(34-20)23(35)36/h2,5-11H,1,3-4,12H2,(H,35,36). The number of nitrogens with zero attached hydrogens (tertiary/aromatic N) is 2. The summed E-state index contributed by atoms with van der Waals surface area (Å²) in [5, 5.41) is 9.24. The SMILES string of the molecule is O=C(O)c1cccc(C2=C(c3cc(C(F)(F)F)cnc3OCc3ccc(C(F)(F)F)cc3F)CCC2)n1. The topological polar surface area (TPSA) is 72.3 Å². The zero-order valence-electron chi connectivity index (χ0n) is 18.8. The summed E-state index contributed by atoms with van der Waals surface area (Å²) in [7, 11) is 0. The highest BCUT2D eigenvalue weighted by Crippen LogP contribution is 2.43. The molecule has 0 aliphatic heterocycles. The first kappa shape index (κ1) is 26.1. The van der Waals surface area contributed by atoms with Crippen LogP contribution >= 0.6 is 0 Å². The highest BCUT2D eigenvalue weighted by molar-refractivity contribution is 5.94. The first-order chi connectivity index (χ1) is 17.3. The van der Waals surface area contributed by atoms with Crippen molar-refractivity contribution in [1.82, 2.24) is 9.97 Å². The lowest BCUT2D eigenvalue weighted by atomic mass is 9.99. The van der Waals surface area contributed by atoms with E-state index in [4.69, 9.17) is 4.74 Å². The highest BCUT2D eigenvalue weighted by Gasteiger charge is 2.34. The van der Waals surface area contributed by atoms with E-state index in [1.54, 1.807) is 0 Å². The molecule has 0 saturated heterocycles. The molecule has 0 bridgehead atoms. The monoisotopic (exact) mass is 526 g/mol. The molecule has 4 rings (SSSR count). The molecule has 0 spiro atoms. The van der Waals surface area contributed by atoms with Gasteiger partial charge in [-0.3, -0.25) is 0 Å². The Balaban J connectivity index is 1.75. The summed E-state index contributed by atoms with van der Waals surface area (Å²) in [6.07, 6.45) is -7.70. The summed E-state index contributed by atoms with van der Waals surface area (Å²) in [5.41, 5.74) is -1.63. The van der Waals surface area contributed by atoms with E-state index in [-0.39, 0.29) is 28.4 Å². The van der Waals surface area contributed by atoms with Crippen LogP contribution in [0.5, 0.6) is 5.88 Å². The number of benzene rings is 1. The van der Waals surface area contributed by atoms with E-state index in [1.165, 1.54) is 18.2 Å². The van der Waals surface area contributed by atoms with Crippen molar-refractivity contribution in [1.29, 1.82) is 0 Å². The van der Waals surface area contributed by atoms with E-state index in [2.05, 4.69) is 9.97 Å². The molecule has 0 atom stereocenters. The lowest BCUT2D eigenvalue weighted by molar-refractivity contribution is -0.138. The molecule has 1 aromatic carbocycles. The van der Waals surface area contributed by atoms with Gasteiger partial charge in [0.15, 0.2) is 0 Å². The van der Waals surface area contributed by atoms with Gasteiger partial charge in [0, 0.05) is 17.3 Å². The fraction of sp³-hybridized carbons (Fsp3) is 0.240. The predicted molar refractivity (Wildman–Crippen MR) is 117 cm³/mol. The quantitative estimate of drug-likeness (QED) is 0.350. The number of alkyl halides is 6. The van der Waals surface area contributed by atoms with E-state index in [1.807, 2.05) is 0 Å². The van der Waals surface area contributed by atoms with Crippen molar-refractivity contribution in [2.75, 3.05) is 0 Å². The van der Waals surface area contributed by atoms with Crippen molar-refractivity contribution in [3.63, 3.8) is 0 Å². The normalized spacial score (nSPS) is 14.2. The average Bonchev–Trinajstić information content (AvgIpc) is 3.32. The number of hydrogen-bond donors (Lipinski definition) is 1. The molecule has 0 saturated carbocycles. The van der Waals surface area contributed by atoms with Gasteiger partial charge in [0.25, 0.3) is 0 Å². The summed E-state index contributed by atoms with van der Waals surface area (Å²) in [6, 6.07) is 6.95. The van der Waals surface area contributed by atoms with Crippen LogP contribution in [0.4, 0.5) is 30.7 Å². The minimum atomic E-state index is -4.75. The number of rotatable bonds is 6. The number of carboxylic acids is 1. The van der Waals surface area contributed by atoms with E-state index in [9.17, 15) is 40.6 Å². The number of carbonyl (C=O) groups is 1. The van der Waals surface area contributed by atoms with Crippen LogP contribution in [-0.4, -0.2) is 21.0 Å². The van der Waals surface area contributed by atoms with Crippen molar-refractivity contribution < 1.29 is 45.4 Å². The van der Waals surface area contributed by atoms with E-state index < -0.39 is 41.9 Å². The van der Waals surface area contributed by atoms with Gasteiger partial charge in [-0.15, -0.1) is 0 Å². The molecule has 1 aliphatic rings. The van der Waals surface area contributed by atoms with Crippen LogP contribution in [0.3, 0.4) is 0 Å². The maximum Gasteiger partial charge on any atom is 0.417 e. The molecule has 1 N–H and O–H groups in total. The Morgan fingerprint density at radius 1 is 0.946 bits per heavy atom. The molecule has 5 nitrogen and oxygen atoms in total. The molecular weight excluding hydrogens is 509 g/mol. The zero-order chi connectivity index (χ0) is 27.0. The summed E-state index contributed by atoms with van der Waals surface area (Å²) in [6.45, 7) is -0.593. The van der Waals surface area contributed by atoms with Gasteiger partial charge in [-0.05, 0) is 60.7 Å². The lowest BCUT2D eigenvalue weighted by Gasteiger charge is -2.16. The Morgan fingerprint density at radius 2 is 1.65 bits per heavy atom. The fourth-order valence-corrected chi connectivity index (χ4v) is 3.97. The maximum absolute atomic E-state index is 14.3. The second kappa shape index (κ2) is 9.83. The minimum Gasteiger partial charge on any atom is -0.477 e. The Morgan fingerprint density at radius 3 is 2.30 bits per heavy atom. The summed E-state index contributed by atoms with van der Waals surface area (Å²) in [4.78, 5) is 19.2. The minimum absolute atomic E-state index is 0.0443. The number of carboxylic acid groups (broad SMARTS) is 1. The first-order valence-electron chi connectivity index (χ1n) is 10.8. The van der Waals surface area contributed by atoms with Gasteiger partial charge in [0.1, 0.15) is 18.1 Å². The molecule has 37 heavy (non-hydrogen) atoms. The summed E-state index contributed by atoms with van der Waals surface area (Å²) in [5.74, 6) is -2.75. The smallest absolute Gasteiger partial charge is 0.417 e. The Kier molecular flexibility index (Phi) is 6.94. The molecule has 2 heterocycles. The van der Waals surface area contributed by atoms with Crippen molar-refractivity contribution in [2.45, 2.75) is 38.2 Å². The number of aromatic carboxylic acids is 1. The number of aromatic nitrogens is 2. The number of allylic oxidation sites excluding steroid dienone is 2. The molecule has 194 valence electrons. The molecule has 1 aliphatic carbocycles. The molecule has 0 radical (unpaired) electrons. The van der Waals surface area contributed by atoms with Gasteiger partial charge >= 0.3 is 18.3 Å². The largest absolute Gasteiger partial charge is 0.477 e. The van der Waals surface area contributed by atoms with Crippen molar-refractivity contribution in [3.8, 4) is 5.88 Å². The Labute approximate surface area is 205 Å². The second-order valence-corrected chi connectivity index (χ2v) is 8.19. The van der Waals surface area contributed by atoms with Crippen LogP contribution in [0, 0.1) is 5.82 Å². The fourth-order valence-electron chi connectivity index (χ4n) is 3.97. The average molecular weight is 526 g/mol. The Hall–Kier alpha value is -3.96.